The number of amides is 1. The molecule has 0 radical (unpaired) electrons. The Bertz CT molecular complexity index is 585. The number of fused-ring (bicyclic) bond motifs is 2. The molecule has 2 saturated carbocycles. The first-order valence-electron chi connectivity index (χ1n) is 9.93. The highest BCUT2D eigenvalue weighted by atomic mass is 35.5. The minimum Gasteiger partial charge on any atom is -0.342 e. The number of hydrogen-bond donors (Lipinski definition) is 1. The van der Waals surface area contributed by atoms with Gasteiger partial charge in [0.05, 0.1) is 0 Å². The van der Waals surface area contributed by atoms with Crippen LogP contribution in [-0.2, 0) is 4.79 Å². The molecule has 1 saturated heterocycles. The monoisotopic (exact) mass is 394 g/mol. The van der Waals surface area contributed by atoms with Crippen molar-refractivity contribution in [3.8, 4) is 0 Å². The molecular formula is C21H31ClN2OS. The zero-order chi connectivity index (χ0) is 17.2. The summed E-state index contributed by atoms with van der Waals surface area (Å²) in [5.74, 6) is 3.61. The van der Waals surface area contributed by atoms with E-state index in [1.165, 1.54) is 24.2 Å². The van der Waals surface area contributed by atoms with E-state index in [-0.39, 0.29) is 18.3 Å². The SMILES string of the molecule is Cl.NC1C2CCCC1CC(C(=O)N1CCC(CSc3ccccc3)C1)C2. The maximum atomic E-state index is 13.0. The van der Waals surface area contributed by atoms with Gasteiger partial charge in [0.1, 0.15) is 0 Å². The van der Waals surface area contributed by atoms with Crippen LogP contribution in [0.5, 0.6) is 0 Å². The Morgan fingerprint density at radius 2 is 1.81 bits per heavy atom. The van der Waals surface area contributed by atoms with Crippen LogP contribution in [0.1, 0.15) is 38.5 Å². The lowest BCUT2D eigenvalue weighted by molar-refractivity contribution is -0.137. The number of hydrogen-bond acceptors (Lipinski definition) is 3. The van der Waals surface area contributed by atoms with E-state index in [0.717, 1.165) is 38.1 Å². The molecule has 3 fully saturated rings. The summed E-state index contributed by atoms with van der Waals surface area (Å²) in [5, 5.41) is 0. The molecule has 0 spiro atoms. The number of nitrogens with two attached hydrogens (primary N) is 1. The van der Waals surface area contributed by atoms with Crippen molar-refractivity contribution in [1.82, 2.24) is 4.90 Å². The summed E-state index contributed by atoms with van der Waals surface area (Å²) in [4.78, 5) is 16.5. The number of carbonyl (C=O) groups is 1. The van der Waals surface area contributed by atoms with E-state index in [1.54, 1.807) is 0 Å². The van der Waals surface area contributed by atoms with Crippen molar-refractivity contribution in [3.63, 3.8) is 0 Å². The Kier molecular flexibility index (Phi) is 6.92. The number of nitrogens with zero attached hydrogens (tertiary/aromatic N) is 1. The Hall–Kier alpha value is -0.710. The van der Waals surface area contributed by atoms with Crippen LogP contribution >= 0.6 is 24.2 Å². The fraction of sp³-hybridized carbons (Fsp3) is 0.667. The Labute approximate surface area is 167 Å². The second-order valence-corrected chi connectivity index (χ2v) is 9.35. The molecule has 144 valence electrons. The summed E-state index contributed by atoms with van der Waals surface area (Å²) in [6.07, 6.45) is 7.01. The molecule has 2 aliphatic carbocycles. The number of carbonyl (C=O) groups excluding carboxylic acids is 1. The second-order valence-electron chi connectivity index (χ2n) is 8.26. The van der Waals surface area contributed by atoms with E-state index in [9.17, 15) is 4.79 Å². The van der Waals surface area contributed by atoms with Crippen LogP contribution < -0.4 is 5.73 Å². The predicted molar refractivity (Wildman–Crippen MR) is 111 cm³/mol. The average molecular weight is 395 g/mol. The van der Waals surface area contributed by atoms with Gasteiger partial charge in [-0.3, -0.25) is 4.79 Å². The smallest absolute Gasteiger partial charge is 0.225 e. The van der Waals surface area contributed by atoms with Gasteiger partial charge in [-0.25, -0.2) is 0 Å². The summed E-state index contributed by atoms with van der Waals surface area (Å²) >= 11 is 1.93. The number of halogens is 1. The summed E-state index contributed by atoms with van der Waals surface area (Å²) in [7, 11) is 0. The lowest BCUT2D eigenvalue weighted by atomic mass is 9.65. The number of thioether (sulfide) groups is 1. The fourth-order valence-corrected chi connectivity index (χ4v) is 6.20. The largest absolute Gasteiger partial charge is 0.342 e. The van der Waals surface area contributed by atoms with E-state index < -0.39 is 0 Å². The molecule has 1 heterocycles. The maximum absolute atomic E-state index is 13.0. The minimum absolute atomic E-state index is 0. The van der Waals surface area contributed by atoms with Gasteiger partial charge in [-0.2, -0.15) is 0 Å². The number of benzene rings is 1. The Balaban J connectivity index is 0.00000196. The van der Waals surface area contributed by atoms with Gasteiger partial charge in [-0.15, -0.1) is 24.2 Å². The van der Waals surface area contributed by atoms with E-state index in [2.05, 4.69) is 35.2 Å². The van der Waals surface area contributed by atoms with Gasteiger partial charge in [0.25, 0.3) is 0 Å². The van der Waals surface area contributed by atoms with Gasteiger partial charge < -0.3 is 10.6 Å². The van der Waals surface area contributed by atoms with Crippen LogP contribution in [0.4, 0.5) is 0 Å². The zero-order valence-electron chi connectivity index (χ0n) is 15.4. The molecule has 1 aromatic carbocycles. The third-order valence-corrected chi connectivity index (χ3v) is 7.83. The summed E-state index contributed by atoms with van der Waals surface area (Å²) in [6.45, 7) is 1.91. The van der Waals surface area contributed by atoms with Crippen molar-refractivity contribution in [2.45, 2.75) is 49.5 Å². The molecule has 26 heavy (non-hydrogen) atoms. The van der Waals surface area contributed by atoms with Crippen LogP contribution in [0.15, 0.2) is 35.2 Å². The van der Waals surface area contributed by atoms with Crippen molar-refractivity contribution in [2.24, 2.45) is 29.4 Å². The summed E-state index contributed by atoms with van der Waals surface area (Å²) < 4.78 is 0. The first-order chi connectivity index (χ1) is 12.2. The van der Waals surface area contributed by atoms with E-state index in [4.69, 9.17) is 5.73 Å². The average Bonchev–Trinajstić information content (AvgIpc) is 3.09. The van der Waals surface area contributed by atoms with Gasteiger partial charge in [0, 0.05) is 35.7 Å². The van der Waals surface area contributed by atoms with Crippen molar-refractivity contribution < 1.29 is 4.79 Å². The Morgan fingerprint density at radius 3 is 2.50 bits per heavy atom. The molecule has 1 amide bonds. The predicted octanol–water partition coefficient (Wildman–Crippen LogP) is 4.20. The number of rotatable bonds is 4. The minimum atomic E-state index is 0. The molecule has 0 aromatic heterocycles. The molecule has 1 aliphatic heterocycles. The quantitative estimate of drug-likeness (QED) is 0.778. The summed E-state index contributed by atoms with van der Waals surface area (Å²) in [5.41, 5.74) is 6.39. The third-order valence-electron chi connectivity index (χ3n) is 6.59. The topological polar surface area (TPSA) is 46.3 Å². The highest BCUT2D eigenvalue weighted by Crippen LogP contribution is 2.42. The van der Waals surface area contributed by atoms with Crippen molar-refractivity contribution >= 4 is 30.1 Å². The van der Waals surface area contributed by atoms with Gasteiger partial charge in [-0.05, 0) is 62.0 Å². The van der Waals surface area contributed by atoms with E-state index in [1.807, 2.05) is 11.8 Å². The van der Waals surface area contributed by atoms with Crippen molar-refractivity contribution in [3.05, 3.63) is 30.3 Å². The third kappa shape index (κ3) is 4.40. The normalized spacial score (nSPS) is 33.6. The molecule has 2 N–H and O–H groups in total. The van der Waals surface area contributed by atoms with Gasteiger partial charge in [0.15, 0.2) is 0 Å². The van der Waals surface area contributed by atoms with Gasteiger partial charge in [-0.1, -0.05) is 24.6 Å². The second kappa shape index (κ2) is 8.99. The summed E-state index contributed by atoms with van der Waals surface area (Å²) in [6, 6.07) is 10.9. The lowest BCUT2D eigenvalue weighted by Crippen LogP contribution is -2.49. The van der Waals surface area contributed by atoms with Crippen molar-refractivity contribution in [1.29, 1.82) is 0 Å². The molecule has 5 heteroatoms. The van der Waals surface area contributed by atoms with E-state index >= 15 is 0 Å². The highest BCUT2D eigenvalue weighted by molar-refractivity contribution is 7.99. The first-order valence-corrected chi connectivity index (χ1v) is 10.9. The molecule has 4 rings (SSSR count). The van der Waals surface area contributed by atoms with Crippen LogP contribution in [0.2, 0.25) is 0 Å². The number of likely N-dealkylation sites (tertiary alicyclic amines) is 1. The van der Waals surface area contributed by atoms with Gasteiger partial charge >= 0.3 is 0 Å². The van der Waals surface area contributed by atoms with Crippen LogP contribution in [-0.4, -0.2) is 35.7 Å². The standard InChI is InChI=1S/C21H30N2OS.ClH/c22-20-16-5-4-6-17(20)12-18(11-16)21(24)23-10-9-15(13-23)14-25-19-7-2-1-3-8-19;/h1-3,7-8,15-18,20H,4-6,9-14,22H2;1H. The van der Waals surface area contributed by atoms with Crippen LogP contribution in [0, 0.1) is 23.7 Å². The van der Waals surface area contributed by atoms with Crippen LogP contribution in [0.25, 0.3) is 0 Å². The highest BCUT2D eigenvalue weighted by Gasteiger charge is 2.42. The molecule has 3 unspecified atom stereocenters. The molecular weight excluding hydrogens is 364 g/mol. The Morgan fingerprint density at radius 1 is 1.12 bits per heavy atom. The van der Waals surface area contributed by atoms with Gasteiger partial charge in [0.2, 0.25) is 5.91 Å². The molecule has 3 atom stereocenters. The zero-order valence-corrected chi connectivity index (χ0v) is 17.0. The maximum Gasteiger partial charge on any atom is 0.225 e. The first kappa shape index (κ1) is 20.0. The molecule has 1 aromatic rings. The lowest BCUT2D eigenvalue weighted by Gasteiger charge is -2.44. The molecule has 3 aliphatic rings. The fourth-order valence-electron chi connectivity index (χ4n) is 5.15. The van der Waals surface area contributed by atoms with Crippen LogP contribution in [0.3, 0.4) is 0 Å². The molecule has 2 bridgehead atoms. The molecule has 3 nitrogen and oxygen atoms in total. The van der Waals surface area contributed by atoms with E-state index in [0.29, 0.717) is 29.7 Å². The van der Waals surface area contributed by atoms with Crippen molar-refractivity contribution in [2.75, 3.05) is 18.8 Å².